The first-order valence-corrected chi connectivity index (χ1v) is 7.20. The van der Waals surface area contributed by atoms with E-state index in [0.29, 0.717) is 5.92 Å². The third kappa shape index (κ3) is 3.40. The second-order valence-electron chi connectivity index (χ2n) is 3.37. The molecule has 0 bridgehead atoms. The van der Waals surface area contributed by atoms with Crippen molar-refractivity contribution in [2.75, 3.05) is 12.0 Å². The molecular weight excluding hydrogens is 188 g/mol. The van der Waals surface area contributed by atoms with Gasteiger partial charge in [-0.25, -0.2) is 0 Å². The molecule has 0 saturated heterocycles. The van der Waals surface area contributed by atoms with Gasteiger partial charge < -0.3 is 4.79 Å². The lowest BCUT2D eigenvalue weighted by Gasteiger charge is -2.24. The first kappa shape index (κ1) is 10.5. The van der Waals surface area contributed by atoms with E-state index in [0.717, 1.165) is 25.0 Å². The van der Waals surface area contributed by atoms with Crippen molar-refractivity contribution in [2.45, 2.75) is 25.7 Å². The zero-order valence-corrected chi connectivity index (χ0v) is 9.13. The van der Waals surface area contributed by atoms with Crippen LogP contribution in [0.1, 0.15) is 25.7 Å². The summed E-state index contributed by atoms with van der Waals surface area (Å²) < 4.78 is 0. The molecule has 0 spiro atoms. The zero-order chi connectivity index (χ0) is 8.81. The van der Waals surface area contributed by atoms with Gasteiger partial charge in [0.2, 0.25) is 0 Å². The molecule has 1 rings (SSSR count). The van der Waals surface area contributed by atoms with Crippen LogP contribution >= 0.6 is 21.6 Å². The second-order valence-corrected chi connectivity index (χ2v) is 5.98. The van der Waals surface area contributed by atoms with Crippen molar-refractivity contribution in [1.82, 2.24) is 0 Å². The van der Waals surface area contributed by atoms with Crippen LogP contribution in [0.25, 0.3) is 0 Å². The number of aldehydes is 1. The van der Waals surface area contributed by atoms with Gasteiger partial charge in [-0.05, 0) is 37.9 Å². The molecule has 1 aliphatic rings. The van der Waals surface area contributed by atoms with Crippen molar-refractivity contribution in [2.24, 2.45) is 11.8 Å². The highest BCUT2D eigenvalue weighted by Crippen LogP contribution is 2.32. The van der Waals surface area contributed by atoms with Crippen molar-refractivity contribution >= 4 is 27.9 Å². The Morgan fingerprint density at radius 1 is 1.33 bits per heavy atom. The molecule has 0 N–H and O–H groups in total. The van der Waals surface area contributed by atoms with E-state index in [1.807, 2.05) is 21.6 Å². The van der Waals surface area contributed by atoms with E-state index in [-0.39, 0.29) is 0 Å². The van der Waals surface area contributed by atoms with Crippen molar-refractivity contribution in [1.29, 1.82) is 0 Å². The van der Waals surface area contributed by atoms with Gasteiger partial charge >= 0.3 is 0 Å². The monoisotopic (exact) mass is 204 g/mol. The summed E-state index contributed by atoms with van der Waals surface area (Å²) in [5, 5.41) is 0. The molecule has 1 aliphatic carbocycles. The minimum atomic E-state index is 0.375. The molecule has 0 heterocycles. The van der Waals surface area contributed by atoms with E-state index in [2.05, 4.69) is 6.26 Å². The third-order valence-electron chi connectivity index (χ3n) is 2.51. The Hall–Kier alpha value is 0.370. The van der Waals surface area contributed by atoms with Gasteiger partial charge in [-0.2, -0.15) is 0 Å². The summed E-state index contributed by atoms with van der Waals surface area (Å²) in [5.41, 5.74) is 0. The van der Waals surface area contributed by atoms with Crippen LogP contribution < -0.4 is 0 Å². The fraction of sp³-hybridized carbons (Fsp3) is 0.889. The lowest BCUT2D eigenvalue weighted by Crippen LogP contribution is -2.16. The van der Waals surface area contributed by atoms with Crippen molar-refractivity contribution in [3.05, 3.63) is 0 Å². The van der Waals surface area contributed by atoms with Crippen LogP contribution in [-0.4, -0.2) is 18.3 Å². The molecule has 12 heavy (non-hydrogen) atoms. The average Bonchev–Trinajstić information content (AvgIpc) is 2.15. The Bertz CT molecular complexity index is 130. The summed E-state index contributed by atoms with van der Waals surface area (Å²) >= 11 is 0. The quantitative estimate of drug-likeness (QED) is 0.517. The molecule has 0 aromatic rings. The predicted molar refractivity (Wildman–Crippen MR) is 57.5 cm³/mol. The molecular formula is C9H16OS2. The fourth-order valence-corrected chi connectivity index (χ4v) is 3.30. The van der Waals surface area contributed by atoms with E-state index in [4.69, 9.17) is 0 Å². The Balaban J connectivity index is 2.12. The highest BCUT2D eigenvalue weighted by atomic mass is 33.1. The molecule has 0 aliphatic heterocycles. The normalized spacial score (nSPS) is 30.1. The van der Waals surface area contributed by atoms with Crippen molar-refractivity contribution in [3.63, 3.8) is 0 Å². The average molecular weight is 204 g/mol. The molecule has 1 fully saturated rings. The smallest absolute Gasteiger partial charge is 0.123 e. The van der Waals surface area contributed by atoms with Crippen LogP contribution in [0.3, 0.4) is 0 Å². The van der Waals surface area contributed by atoms with Crippen LogP contribution in [-0.2, 0) is 4.79 Å². The molecule has 0 radical (unpaired) electrons. The minimum Gasteiger partial charge on any atom is -0.303 e. The lowest BCUT2D eigenvalue weighted by atomic mass is 9.84. The number of carbonyl (C=O) groups excluding carboxylic acids is 1. The van der Waals surface area contributed by atoms with E-state index >= 15 is 0 Å². The standard InChI is InChI=1S/C9H16OS2/c1-11-12-7-9-4-2-8(6-10)3-5-9/h6,8-9H,2-5,7H2,1H3/t8-,9-. The van der Waals surface area contributed by atoms with Gasteiger partial charge in [0.25, 0.3) is 0 Å². The molecule has 3 heteroatoms. The van der Waals surface area contributed by atoms with Crippen LogP contribution in [0.2, 0.25) is 0 Å². The first-order valence-electron chi connectivity index (χ1n) is 4.47. The van der Waals surface area contributed by atoms with Crippen molar-refractivity contribution < 1.29 is 4.79 Å². The summed E-state index contributed by atoms with van der Waals surface area (Å²) in [5.74, 6) is 2.52. The fourth-order valence-electron chi connectivity index (χ4n) is 1.66. The minimum absolute atomic E-state index is 0.375. The van der Waals surface area contributed by atoms with Gasteiger partial charge in [-0.1, -0.05) is 21.6 Å². The first-order chi connectivity index (χ1) is 5.86. The largest absolute Gasteiger partial charge is 0.303 e. The van der Waals surface area contributed by atoms with Gasteiger partial charge in [0.1, 0.15) is 6.29 Å². The predicted octanol–water partition coefficient (Wildman–Crippen LogP) is 3.00. The van der Waals surface area contributed by atoms with Crippen LogP contribution in [0.5, 0.6) is 0 Å². The van der Waals surface area contributed by atoms with E-state index in [9.17, 15) is 4.79 Å². The molecule has 0 aromatic carbocycles. The number of carbonyl (C=O) groups is 1. The van der Waals surface area contributed by atoms with Crippen molar-refractivity contribution in [3.8, 4) is 0 Å². The van der Waals surface area contributed by atoms with Crippen LogP contribution in [0.4, 0.5) is 0 Å². The van der Waals surface area contributed by atoms with Gasteiger partial charge in [0, 0.05) is 11.7 Å². The summed E-state index contributed by atoms with van der Waals surface area (Å²) in [4.78, 5) is 10.5. The molecule has 0 unspecified atom stereocenters. The Labute approximate surface area is 82.5 Å². The molecule has 1 nitrogen and oxygen atoms in total. The third-order valence-corrected chi connectivity index (χ3v) is 4.46. The summed E-state index contributed by atoms with van der Waals surface area (Å²) in [7, 11) is 3.80. The highest BCUT2D eigenvalue weighted by molar-refractivity contribution is 8.76. The van der Waals surface area contributed by atoms with E-state index < -0.39 is 0 Å². The molecule has 0 aromatic heterocycles. The molecule has 0 amide bonds. The van der Waals surface area contributed by atoms with E-state index in [1.165, 1.54) is 18.6 Å². The van der Waals surface area contributed by atoms with Gasteiger partial charge in [0.15, 0.2) is 0 Å². The SMILES string of the molecule is CSSC[C@H]1CC[C@H](C=O)CC1. The summed E-state index contributed by atoms with van der Waals surface area (Å²) in [6.45, 7) is 0. The lowest BCUT2D eigenvalue weighted by molar-refractivity contribution is -0.112. The van der Waals surface area contributed by atoms with Crippen LogP contribution in [0, 0.1) is 11.8 Å². The number of hydrogen-bond donors (Lipinski definition) is 0. The van der Waals surface area contributed by atoms with E-state index in [1.54, 1.807) is 0 Å². The van der Waals surface area contributed by atoms with Gasteiger partial charge in [0.05, 0.1) is 0 Å². The Kier molecular flexibility index (Phi) is 5.16. The van der Waals surface area contributed by atoms with Gasteiger partial charge in [-0.15, -0.1) is 0 Å². The maximum absolute atomic E-state index is 10.5. The second kappa shape index (κ2) is 5.92. The zero-order valence-electron chi connectivity index (χ0n) is 7.49. The maximum Gasteiger partial charge on any atom is 0.123 e. The highest BCUT2D eigenvalue weighted by Gasteiger charge is 2.20. The molecule has 0 atom stereocenters. The maximum atomic E-state index is 10.5. The molecule has 1 saturated carbocycles. The Morgan fingerprint density at radius 3 is 2.50 bits per heavy atom. The van der Waals surface area contributed by atoms with Gasteiger partial charge in [-0.3, -0.25) is 0 Å². The summed E-state index contributed by atoms with van der Waals surface area (Å²) in [6, 6.07) is 0. The Morgan fingerprint density at radius 2 is 2.00 bits per heavy atom. The topological polar surface area (TPSA) is 17.1 Å². The van der Waals surface area contributed by atoms with Crippen LogP contribution in [0.15, 0.2) is 0 Å². The molecule has 70 valence electrons. The number of hydrogen-bond acceptors (Lipinski definition) is 3. The number of rotatable bonds is 4. The summed E-state index contributed by atoms with van der Waals surface area (Å²) in [6.07, 6.45) is 8.04.